The molecule has 0 unspecified atom stereocenters. The Labute approximate surface area is 132 Å². The number of thiophene rings is 1. The van der Waals surface area contributed by atoms with Crippen LogP contribution < -0.4 is 0 Å². The van der Waals surface area contributed by atoms with Crippen LogP contribution in [0.15, 0.2) is 34.4 Å². The van der Waals surface area contributed by atoms with E-state index in [0.29, 0.717) is 0 Å². The smallest absolute Gasteiger partial charge is 0.319 e. The summed E-state index contributed by atoms with van der Waals surface area (Å²) in [4.78, 5) is 18.0. The molecule has 2 heterocycles. The van der Waals surface area contributed by atoms with Crippen LogP contribution in [0.25, 0.3) is 6.08 Å². The van der Waals surface area contributed by atoms with Crippen LogP contribution in [-0.2, 0) is 11.3 Å². The molecule has 21 heavy (non-hydrogen) atoms. The van der Waals surface area contributed by atoms with Gasteiger partial charge in [-0.3, -0.25) is 9.36 Å². The largest absolute Gasteiger partial charge is 0.335 e. The third-order valence-electron chi connectivity index (χ3n) is 2.70. The number of likely N-dealkylation sites (N-methyl/N-ethyl adjacent to an activating group) is 1. The van der Waals surface area contributed by atoms with Crippen LogP contribution in [0.4, 0.5) is 8.78 Å². The van der Waals surface area contributed by atoms with E-state index in [4.69, 9.17) is 0 Å². The molecule has 0 aliphatic carbocycles. The highest BCUT2D eigenvalue weighted by Crippen LogP contribution is 2.23. The second-order valence-electron chi connectivity index (χ2n) is 4.20. The van der Waals surface area contributed by atoms with Crippen molar-refractivity contribution in [2.45, 2.75) is 13.1 Å². The third kappa shape index (κ3) is 4.21. The number of aromatic nitrogens is 2. The minimum atomic E-state index is -2.66. The summed E-state index contributed by atoms with van der Waals surface area (Å²) >= 11 is 4.83. The van der Waals surface area contributed by atoms with Gasteiger partial charge in [0, 0.05) is 30.4 Å². The zero-order valence-corrected chi connectivity index (χ0v) is 13.4. The van der Waals surface area contributed by atoms with E-state index in [1.807, 2.05) is 12.1 Å². The van der Waals surface area contributed by atoms with Crippen LogP contribution >= 0.6 is 27.3 Å². The molecule has 0 N–H and O–H groups in total. The Hall–Kier alpha value is -1.54. The van der Waals surface area contributed by atoms with E-state index in [-0.39, 0.29) is 18.3 Å². The fourth-order valence-electron chi connectivity index (χ4n) is 1.63. The highest BCUT2D eigenvalue weighted by molar-refractivity contribution is 9.11. The van der Waals surface area contributed by atoms with Crippen molar-refractivity contribution in [3.63, 3.8) is 0 Å². The summed E-state index contributed by atoms with van der Waals surface area (Å²) in [6.45, 7) is -2.64. The van der Waals surface area contributed by atoms with Crippen molar-refractivity contribution in [3.05, 3.63) is 45.1 Å². The monoisotopic (exact) mass is 375 g/mol. The number of halogens is 3. The van der Waals surface area contributed by atoms with Crippen LogP contribution in [0.3, 0.4) is 0 Å². The molecular formula is C13H12BrF2N3OS. The number of amides is 1. The van der Waals surface area contributed by atoms with Gasteiger partial charge in [-0.2, -0.15) is 8.78 Å². The van der Waals surface area contributed by atoms with Gasteiger partial charge >= 0.3 is 6.55 Å². The maximum atomic E-state index is 12.7. The molecule has 0 spiro atoms. The van der Waals surface area contributed by atoms with E-state index < -0.39 is 6.55 Å². The van der Waals surface area contributed by atoms with Crippen molar-refractivity contribution in [3.8, 4) is 0 Å². The van der Waals surface area contributed by atoms with Crippen molar-refractivity contribution in [1.29, 1.82) is 0 Å². The van der Waals surface area contributed by atoms with Gasteiger partial charge in [-0.1, -0.05) is 0 Å². The molecule has 0 aromatic carbocycles. The number of hydrogen-bond acceptors (Lipinski definition) is 3. The average molecular weight is 376 g/mol. The summed E-state index contributed by atoms with van der Waals surface area (Å²) in [6, 6.07) is 3.76. The Morgan fingerprint density at radius 2 is 2.33 bits per heavy atom. The molecule has 0 aliphatic rings. The SMILES string of the molecule is CN(Cc1nccn1C(F)F)C(=O)/C=C/c1ccc(Br)s1. The Morgan fingerprint density at radius 1 is 1.57 bits per heavy atom. The van der Waals surface area contributed by atoms with Crippen LogP contribution in [0.1, 0.15) is 17.3 Å². The number of hydrogen-bond donors (Lipinski definition) is 0. The number of carbonyl (C=O) groups excluding carboxylic acids is 1. The van der Waals surface area contributed by atoms with Gasteiger partial charge in [0.15, 0.2) is 0 Å². The molecule has 0 saturated carbocycles. The van der Waals surface area contributed by atoms with Gasteiger partial charge in [0.05, 0.1) is 10.3 Å². The summed E-state index contributed by atoms with van der Waals surface area (Å²) in [5.41, 5.74) is 0. The molecule has 1 amide bonds. The summed E-state index contributed by atoms with van der Waals surface area (Å²) in [5, 5.41) is 0. The topological polar surface area (TPSA) is 38.1 Å². The van der Waals surface area contributed by atoms with E-state index in [9.17, 15) is 13.6 Å². The first-order valence-electron chi connectivity index (χ1n) is 5.95. The second-order valence-corrected chi connectivity index (χ2v) is 6.69. The van der Waals surface area contributed by atoms with E-state index in [1.165, 1.54) is 34.7 Å². The summed E-state index contributed by atoms with van der Waals surface area (Å²) in [6.07, 6.45) is 5.58. The maximum absolute atomic E-state index is 12.7. The highest BCUT2D eigenvalue weighted by Gasteiger charge is 2.14. The fourth-order valence-corrected chi connectivity index (χ4v) is 2.96. The molecular weight excluding hydrogens is 364 g/mol. The molecule has 0 bridgehead atoms. The lowest BCUT2D eigenvalue weighted by Gasteiger charge is -2.15. The molecule has 2 aromatic rings. The summed E-state index contributed by atoms with van der Waals surface area (Å²) < 4.78 is 27.1. The lowest BCUT2D eigenvalue weighted by atomic mass is 10.3. The molecule has 0 fully saturated rings. The first kappa shape index (κ1) is 15.8. The minimum absolute atomic E-state index is 0.0225. The normalized spacial score (nSPS) is 11.5. The van der Waals surface area contributed by atoms with Gasteiger partial charge in [-0.05, 0) is 34.1 Å². The van der Waals surface area contributed by atoms with Crippen molar-refractivity contribution in [2.24, 2.45) is 0 Å². The molecule has 0 radical (unpaired) electrons. The molecule has 2 rings (SSSR count). The maximum Gasteiger partial charge on any atom is 0.319 e. The number of alkyl halides is 2. The fraction of sp³-hybridized carbons (Fsp3) is 0.231. The summed E-state index contributed by atoms with van der Waals surface area (Å²) in [7, 11) is 1.54. The Balaban J connectivity index is 1.99. The highest BCUT2D eigenvalue weighted by atomic mass is 79.9. The number of imidazole rings is 1. The Morgan fingerprint density at radius 3 is 2.95 bits per heavy atom. The van der Waals surface area contributed by atoms with Gasteiger partial charge in [0.2, 0.25) is 5.91 Å². The van der Waals surface area contributed by atoms with E-state index in [0.717, 1.165) is 13.2 Å². The quantitative estimate of drug-likeness (QED) is 0.745. The number of rotatable bonds is 5. The van der Waals surface area contributed by atoms with Crippen LogP contribution in [0, 0.1) is 0 Å². The molecule has 4 nitrogen and oxygen atoms in total. The summed E-state index contributed by atoms with van der Waals surface area (Å²) in [5.74, 6) is -0.128. The van der Waals surface area contributed by atoms with Crippen molar-refractivity contribution < 1.29 is 13.6 Å². The van der Waals surface area contributed by atoms with Crippen molar-refractivity contribution in [2.75, 3.05) is 7.05 Å². The molecule has 0 saturated heterocycles. The third-order valence-corrected chi connectivity index (χ3v) is 4.29. The van der Waals surface area contributed by atoms with Gasteiger partial charge in [-0.25, -0.2) is 4.98 Å². The lowest BCUT2D eigenvalue weighted by Crippen LogP contribution is -2.26. The van der Waals surface area contributed by atoms with Gasteiger partial charge in [-0.15, -0.1) is 11.3 Å². The molecule has 8 heteroatoms. The van der Waals surface area contributed by atoms with E-state index >= 15 is 0 Å². The first-order chi connectivity index (χ1) is 9.97. The van der Waals surface area contributed by atoms with Crippen LogP contribution in [0.2, 0.25) is 0 Å². The van der Waals surface area contributed by atoms with Gasteiger partial charge in [0.1, 0.15) is 5.82 Å². The zero-order valence-electron chi connectivity index (χ0n) is 11.0. The van der Waals surface area contributed by atoms with E-state index in [1.54, 1.807) is 13.1 Å². The average Bonchev–Trinajstić information content (AvgIpc) is 3.04. The van der Waals surface area contributed by atoms with Crippen LogP contribution in [0.5, 0.6) is 0 Å². The Bertz CT molecular complexity index is 653. The number of nitrogens with zero attached hydrogens (tertiary/aromatic N) is 3. The first-order valence-corrected chi connectivity index (χ1v) is 7.56. The molecule has 112 valence electrons. The number of carbonyl (C=O) groups is 1. The molecule has 2 aromatic heterocycles. The molecule has 0 aliphatic heterocycles. The zero-order chi connectivity index (χ0) is 15.4. The predicted octanol–water partition coefficient (Wildman–Crippen LogP) is 3.77. The Kier molecular flexibility index (Phi) is 5.24. The van der Waals surface area contributed by atoms with Crippen molar-refractivity contribution in [1.82, 2.24) is 14.5 Å². The van der Waals surface area contributed by atoms with Crippen molar-refractivity contribution >= 4 is 39.2 Å². The van der Waals surface area contributed by atoms with Crippen LogP contribution in [-0.4, -0.2) is 27.4 Å². The standard InChI is InChI=1S/C13H12BrF2N3OS/c1-18(8-11-17-6-7-19(11)13(15)16)12(20)5-3-9-2-4-10(14)21-9/h2-7,13H,8H2,1H3/b5-3+. The van der Waals surface area contributed by atoms with E-state index in [2.05, 4.69) is 20.9 Å². The van der Waals surface area contributed by atoms with Gasteiger partial charge < -0.3 is 4.90 Å². The van der Waals surface area contributed by atoms with Gasteiger partial charge in [0.25, 0.3) is 0 Å². The second kappa shape index (κ2) is 6.95. The minimum Gasteiger partial charge on any atom is -0.335 e. The molecule has 0 atom stereocenters. The predicted molar refractivity (Wildman–Crippen MR) is 81.0 cm³/mol. The lowest BCUT2D eigenvalue weighted by molar-refractivity contribution is -0.125.